The fourth-order valence-electron chi connectivity index (χ4n) is 4.13. The second kappa shape index (κ2) is 10.4. The van der Waals surface area contributed by atoms with Crippen LogP contribution in [0.25, 0.3) is 0 Å². The van der Waals surface area contributed by atoms with Gasteiger partial charge in [0.15, 0.2) is 0 Å². The Balaban J connectivity index is 1.26. The van der Waals surface area contributed by atoms with Gasteiger partial charge < -0.3 is 14.2 Å². The fraction of sp³-hybridized carbons (Fsp3) is 0.519. The maximum atomic E-state index is 12.6. The summed E-state index contributed by atoms with van der Waals surface area (Å²) in [7, 11) is 0. The Labute approximate surface area is 185 Å². The molecule has 0 aromatic heterocycles. The van der Waals surface area contributed by atoms with Crippen molar-refractivity contribution in [3.8, 4) is 5.75 Å². The van der Waals surface area contributed by atoms with Gasteiger partial charge in [0.25, 0.3) is 0 Å². The molecule has 2 unspecified atom stereocenters. The lowest BCUT2D eigenvalue weighted by Gasteiger charge is -2.11. The van der Waals surface area contributed by atoms with Gasteiger partial charge in [-0.1, -0.05) is 25.0 Å². The molecule has 166 valence electrons. The maximum Gasteiger partial charge on any atom is 0.343 e. The number of epoxide rings is 2. The van der Waals surface area contributed by atoms with Crippen LogP contribution < -0.4 is 4.74 Å². The number of benzene rings is 2. The van der Waals surface area contributed by atoms with Gasteiger partial charge in [0.1, 0.15) is 5.75 Å². The van der Waals surface area contributed by atoms with Crippen LogP contribution in [0.4, 0.5) is 0 Å². The molecule has 0 aliphatic carbocycles. The van der Waals surface area contributed by atoms with Crippen molar-refractivity contribution in [3.05, 3.63) is 64.2 Å². The van der Waals surface area contributed by atoms with Crippen molar-refractivity contribution in [2.24, 2.45) is 0 Å². The van der Waals surface area contributed by atoms with E-state index in [0.717, 1.165) is 44.5 Å². The van der Waals surface area contributed by atoms with Crippen molar-refractivity contribution in [2.45, 2.75) is 77.4 Å². The van der Waals surface area contributed by atoms with Crippen LogP contribution in [0.1, 0.15) is 71.1 Å². The molecular formula is C27H34O4. The van der Waals surface area contributed by atoms with Crippen LogP contribution >= 0.6 is 0 Å². The van der Waals surface area contributed by atoms with Crippen LogP contribution in [0, 0.1) is 13.8 Å². The zero-order valence-electron chi connectivity index (χ0n) is 18.8. The van der Waals surface area contributed by atoms with Gasteiger partial charge >= 0.3 is 5.97 Å². The molecule has 2 aliphatic heterocycles. The van der Waals surface area contributed by atoms with Gasteiger partial charge in [-0.3, -0.25) is 0 Å². The number of hydrogen-bond acceptors (Lipinski definition) is 4. The van der Waals surface area contributed by atoms with E-state index in [-0.39, 0.29) is 5.97 Å². The van der Waals surface area contributed by atoms with Crippen molar-refractivity contribution in [1.29, 1.82) is 0 Å². The first-order valence-corrected chi connectivity index (χ1v) is 11.7. The molecule has 4 heteroatoms. The first-order chi connectivity index (χ1) is 15.1. The summed E-state index contributed by atoms with van der Waals surface area (Å²) in [6.07, 6.45) is 10.2. The second-order valence-electron chi connectivity index (χ2n) is 9.02. The highest BCUT2D eigenvalue weighted by atomic mass is 16.6. The number of rotatable bonds is 12. The first kappa shape index (κ1) is 22.0. The molecule has 0 radical (unpaired) electrons. The molecule has 31 heavy (non-hydrogen) atoms. The Bertz CT molecular complexity index is 896. The topological polar surface area (TPSA) is 51.4 Å². The third kappa shape index (κ3) is 6.91. The summed E-state index contributed by atoms with van der Waals surface area (Å²) >= 11 is 0. The summed E-state index contributed by atoms with van der Waals surface area (Å²) in [5.41, 5.74) is 5.57. The number of esters is 1. The number of carbonyl (C=O) groups excluding carboxylic acids is 1. The maximum absolute atomic E-state index is 12.6. The van der Waals surface area contributed by atoms with E-state index in [1.165, 1.54) is 42.4 Å². The fourth-order valence-corrected chi connectivity index (χ4v) is 4.13. The van der Waals surface area contributed by atoms with Crippen molar-refractivity contribution >= 4 is 5.97 Å². The normalized spacial score (nSPS) is 19.3. The largest absolute Gasteiger partial charge is 0.423 e. The van der Waals surface area contributed by atoms with Gasteiger partial charge in [0.2, 0.25) is 0 Å². The molecule has 2 saturated heterocycles. The van der Waals surface area contributed by atoms with Crippen LogP contribution in [-0.4, -0.2) is 31.4 Å². The number of unbranched alkanes of at least 4 members (excludes halogenated alkanes) is 2. The molecule has 2 heterocycles. The zero-order valence-corrected chi connectivity index (χ0v) is 18.8. The molecule has 0 amide bonds. The molecule has 2 fully saturated rings. The number of hydrogen-bond donors (Lipinski definition) is 0. The Kier molecular flexibility index (Phi) is 7.41. The molecule has 0 N–H and O–H groups in total. The summed E-state index contributed by atoms with van der Waals surface area (Å²) < 4.78 is 16.2. The van der Waals surface area contributed by atoms with Crippen LogP contribution in [0.3, 0.4) is 0 Å². The zero-order chi connectivity index (χ0) is 21.6. The number of carbonyl (C=O) groups is 1. The lowest BCUT2D eigenvalue weighted by Crippen LogP contribution is -2.09. The predicted octanol–water partition coefficient (Wildman–Crippen LogP) is 5.75. The van der Waals surface area contributed by atoms with Gasteiger partial charge in [-0.25, -0.2) is 4.79 Å². The third-order valence-corrected chi connectivity index (χ3v) is 6.35. The standard InChI is InChI=1S/C27H34O4/c1-19-15-23(12-11-21(19)7-3-5-9-25-17-29-25)27(28)31-24-14-13-22(20(2)16-24)8-4-6-10-26-18-30-26/h11-16,25-26H,3-10,17-18H2,1-2H3. The average molecular weight is 423 g/mol. The molecule has 2 aliphatic rings. The van der Waals surface area contributed by atoms with E-state index in [4.69, 9.17) is 14.2 Å². The molecule has 2 aromatic carbocycles. The van der Waals surface area contributed by atoms with Crippen LogP contribution in [-0.2, 0) is 22.3 Å². The van der Waals surface area contributed by atoms with Crippen molar-refractivity contribution < 1.29 is 19.0 Å². The highest BCUT2D eigenvalue weighted by molar-refractivity contribution is 5.91. The van der Waals surface area contributed by atoms with Gasteiger partial charge in [0, 0.05) is 0 Å². The monoisotopic (exact) mass is 422 g/mol. The highest BCUT2D eigenvalue weighted by Crippen LogP contribution is 2.23. The third-order valence-electron chi connectivity index (χ3n) is 6.35. The lowest BCUT2D eigenvalue weighted by atomic mass is 9.99. The van der Waals surface area contributed by atoms with E-state index < -0.39 is 0 Å². The van der Waals surface area contributed by atoms with E-state index in [1.807, 2.05) is 24.3 Å². The van der Waals surface area contributed by atoms with Gasteiger partial charge in [-0.05, 0) is 98.9 Å². The molecule has 0 saturated carbocycles. The van der Waals surface area contributed by atoms with E-state index in [2.05, 4.69) is 26.0 Å². The molecule has 0 bridgehead atoms. The predicted molar refractivity (Wildman–Crippen MR) is 122 cm³/mol. The van der Waals surface area contributed by atoms with Gasteiger partial charge in [0.05, 0.1) is 31.0 Å². The van der Waals surface area contributed by atoms with Crippen molar-refractivity contribution in [2.75, 3.05) is 13.2 Å². The summed E-state index contributed by atoms with van der Waals surface area (Å²) in [5.74, 6) is 0.318. The minimum atomic E-state index is -0.294. The quantitative estimate of drug-likeness (QED) is 0.189. The van der Waals surface area contributed by atoms with E-state index in [9.17, 15) is 4.79 Å². The summed E-state index contributed by atoms with van der Waals surface area (Å²) in [4.78, 5) is 12.6. The van der Waals surface area contributed by atoms with E-state index in [0.29, 0.717) is 23.5 Å². The van der Waals surface area contributed by atoms with Gasteiger partial charge in [-0.15, -0.1) is 0 Å². The molecule has 2 atom stereocenters. The Hall–Kier alpha value is -2.17. The molecular weight excluding hydrogens is 388 g/mol. The Morgan fingerprint density at radius 3 is 1.90 bits per heavy atom. The minimum Gasteiger partial charge on any atom is -0.423 e. The summed E-state index contributed by atoms with van der Waals surface area (Å²) in [5, 5.41) is 0. The summed E-state index contributed by atoms with van der Waals surface area (Å²) in [6.45, 7) is 6.04. The van der Waals surface area contributed by atoms with Crippen LogP contribution in [0.2, 0.25) is 0 Å². The van der Waals surface area contributed by atoms with Crippen molar-refractivity contribution in [1.82, 2.24) is 0 Å². The second-order valence-corrected chi connectivity index (χ2v) is 9.02. The smallest absolute Gasteiger partial charge is 0.343 e. The van der Waals surface area contributed by atoms with Gasteiger partial charge in [-0.2, -0.15) is 0 Å². The number of ether oxygens (including phenoxy) is 3. The summed E-state index contributed by atoms with van der Waals surface area (Å²) in [6, 6.07) is 11.9. The minimum absolute atomic E-state index is 0.294. The molecule has 0 spiro atoms. The Morgan fingerprint density at radius 2 is 1.39 bits per heavy atom. The van der Waals surface area contributed by atoms with Crippen molar-refractivity contribution in [3.63, 3.8) is 0 Å². The molecule has 2 aromatic rings. The number of aryl methyl sites for hydroxylation is 4. The van der Waals surface area contributed by atoms with E-state index >= 15 is 0 Å². The lowest BCUT2D eigenvalue weighted by molar-refractivity contribution is 0.0734. The molecule has 4 nitrogen and oxygen atoms in total. The highest BCUT2D eigenvalue weighted by Gasteiger charge is 2.21. The Morgan fingerprint density at radius 1 is 0.839 bits per heavy atom. The SMILES string of the molecule is Cc1cc(OC(=O)c2ccc(CCCCC3CO3)c(C)c2)ccc1CCCCC1CO1. The molecule has 4 rings (SSSR count). The van der Waals surface area contributed by atoms with Crippen LogP contribution in [0.15, 0.2) is 36.4 Å². The average Bonchev–Trinajstić information content (AvgIpc) is 3.66. The van der Waals surface area contributed by atoms with E-state index in [1.54, 1.807) is 0 Å². The van der Waals surface area contributed by atoms with Crippen LogP contribution in [0.5, 0.6) is 5.75 Å². The first-order valence-electron chi connectivity index (χ1n) is 11.7.